The van der Waals surface area contributed by atoms with Crippen LogP contribution in [0.2, 0.25) is 0 Å². The van der Waals surface area contributed by atoms with Crippen LogP contribution < -0.4 is 5.32 Å². The fraction of sp³-hybridized carbons (Fsp3) is 0.700. The zero-order valence-corrected chi connectivity index (χ0v) is 7.88. The van der Waals surface area contributed by atoms with Gasteiger partial charge in [-0.15, -0.1) is 6.58 Å². The molecule has 1 heterocycles. The van der Waals surface area contributed by atoms with E-state index in [0.29, 0.717) is 0 Å². The highest BCUT2D eigenvalue weighted by atomic mass is 16.4. The van der Waals surface area contributed by atoms with Gasteiger partial charge in [0.2, 0.25) is 0 Å². The second-order valence-corrected chi connectivity index (χ2v) is 3.66. The minimum absolute atomic E-state index is 0.487. The molecule has 1 fully saturated rings. The molecule has 0 atom stereocenters. The Kier molecular flexibility index (Phi) is 3.48. The molecule has 0 radical (unpaired) electrons. The molecule has 0 unspecified atom stereocenters. The average Bonchev–Trinajstić information content (AvgIpc) is 2.16. The Balaban J connectivity index is 2.61. The Morgan fingerprint density at radius 1 is 1.54 bits per heavy atom. The third-order valence-electron chi connectivity index (χ3n) is 2.84. The summed E-state index contributed by atoms with van der Waals surface area (Å²) >= 11 is 0. The van der Waals surface area contributed by atoms with Crippen LogP contribution in [0.3, 0.4) is 0 Å². The van der Waals surface area contributed by atoms with Crippen molar-refractivity contribution in [3.05, 3.63) is 12.7 Å². The van der Waals surface area contributed by atoms with Crippen LogP contribution >= 0.6 is 0 Å². The van der Waals surface area contributed by atoms with Crippen molar-refractivity contribution in [3.8, 4) is 0 Å². The summed E-state index contributed by atoms with van der Waals surface area (Å²) in [7, 11) is 0. The van der Waals surface area contributed by atoms with Crippen molar-refractivity contribution < 1.29 is 9.90 Å². The first-order chi connectivity index (χ1) is 6.21. The second-order valence-electron chi connectivity index (χ2n) is 3.66. The number of rotatable bonds is 4. The smallest absolute Gasteiger partial charge is 0.309 e. The summed E-state index contributed by atoms with van der Waals surface area (Å²) in [5.41, 5.74) is -0.487. The van der Waals surface area contributed by atoms with Crippen LogP contribution in [0.5, 0.6) is 0 Å². The fourth-order valence-electron chi connectivity index (χ4n) is 1.85. The van der Waals surface area contributed by atoms with Crippen LogP contribution in [-0.4, -0.2) is 24.2 Å². The van der Waals surface area contributed by atoms with Crippen LogP contribution in [0, 0.1) is 5.41 Å². The summed E-state index contributed by atoms with van der Waals surface area (Å²) in [6.07, 6.45) is 4.82. The molecule has 1 aliphatic heterocycles. The van der Waals surface area contributed by atoms with Crippen LogP contribution in [-0.2, 0) is 4.79 Å². The van der Waals surface area contributed by atoms with Gasteiger partial charge in [-0.25, -0.2) is 0 Å². The molecule has 3 nitrogen and oxygen atoms in total. The van der Waals surface area contributed by atoms with E-state index in [1.54, 1.807) is 6.08 Å². The van der Waals surface area contributed by atoms with Crippen LogP contribution in [0.4, 0.5) is 0 Å². The van der Waals surface area contributed by atoms with Crippen LogP contribution in [0.25, 0.3) is 0 Å². The molecule has 0 saturated carbocycles. The van der Waals surface area contributed by atoms with Crippen molar-refractivity contribution in [2.24, 2.45) is 5.41 Å². The largest absolute Gasteiger partial charge is 0.481 e. The molecule has 0 aromatic rings. The van der Waals surface area contributed by atoms with Gasteiger partial charge in [0.05, 0.1) is 5.41 Å². The van der Waals surface area contributed by atoms with E-state index in [0.717, 1.165) is 38.8 Å². The quantitative estimate of drug-likeness (QED) is 0.648. The molecule has 0 aromatic heterocycles. The number of aliphatic carboxylic acids is 1. The molecule has 1 saturated heterocycles. The van der Waals surface area contributed by atoms with Gasteiger partial charge in [0, 0.05) is 0 Å². The number of allylic oxidation sites excluding steroid dienone is 1. The van der Waals surface area contributed by atoms with E-state index in [-0.39, 0.29) is 0 Å². The molecule has 0 bridgehead atoms. The highest BCUT2D eigenvalue weighted by Crippen LogP contribution is 2.34. The standard InChI is InChI=1S/C10H17NO2/c1-2-3-4-10(9(12)13)5-7-11-8-6-10/h2,11H,1,3-8H2,(H,12,13). The maximum atomic E-state index is 11.1. The number of hydrogen-bond donors (Lipinski definition) is 2. The first-order valence-corrected chi connectivity index (χ1v) is 4.76. The molecule has 1 aliphatic rings. The third kappa shape index (κ3) is 2.31. The molecular weight excluding hydrogens is 166 g/mol. The topological polar surface area (TPSA) is 49.3 Å². The lowest BCUT2D eigenvalue weighted by Crippen LogP contribution is -2.42. The molecule has 2 N–H and O–H groups in total. The highest BCUT2D eigenvalue weighted by molar-refractivity contribution is 5.74. The van der Waals surface area contributed by atoms with E-state index in [1.165, 1.54) is 0 Å². The van der Waals surface area contributed by atoms with Gasteiger partial charge in [-0.2, -0.15) is 0 Å². The summed E-state index contributed by atoms with van der Waals surface area (Å²) in [6, 6.07) is 0. The molecule has 74 valence electrons. The van der Waals surface area contributed by atoms with Crippen LogP contribution in [0.1, 0.15) is 25.7 Å². The van der Waals surface area contributed by atoms with E-state index in [4.69, 9.17) is 5.11 Å². The third-order valence-corrected chi connectivity index (χ3v) is 2.84. The summed E-state index contributed by atoms with van der Waals surface area (Å²) in [5, 5.41) is 12.3. The number of hydrogen-bond acceptors (Lipinski definition) is 2. The molecule has 13 heavy (non-hydrogen) atoms. The van der Waals surface area contributed by atoms with E-state index in [2.05, 4.69) is 11.9 Å². The summed E-state index contributed by atoms with van der Waals surface area (Å²) < 4.78 is 0. The number of carboxylic acid groups (broad SMARTS) is 1. The Labute approximate surface area is 78.8 Å². The predicted octanol–water partition coefficient (Wildman–Crippen LogP) is 1.41. The number of carboxylic acids is 1. The van der Waals surface area contributed by atoms with Crippen molar-refractivity contribution in [2.75, 3.05) is 13.1 Å². The summed E-state index contributed by atoms with van der Waals surface area (Å²) in [5.74, 6) is -0.643. The van der Waals surface area contributed by atoms with Gasteiger partial charge in [0.1, 0.15) is 0 Å². The van der Waals surface area contributed by atoms with E-state index >= 15 is 0 Å². The van der Waals surface area contributed by atoms with E-state index < -0.39 is 11.4 Å². The summed E-state index contributed by atoms with van der Waals surface area (Å²) in [6.45, 7) is 5.27. The van der Waals surface area contributed by atoms with Crippen molar-refractivity contribution in [1.82, 2.24) is 5.32 Å². The normalized spacial score (nSPS) is 20.9. The predicted molar refractivity (Wildman–Crippen MR) is 51.6 cm³/mol. The monoisotopic (exact) mass is 183 g/mol. The van der Waals surface area contributed by atoms with E-state index in [1.807, 2.05) is 0 Å². The first kappa shape index (κ1) is 10.3. The van der Waals surface area contributed by atoms with Gasteiger partial charge in [-0.1, -0.05) is 6.08 Å². The summed E-state index contributed by atoms with van der Waals surface area (Å²) in [4.78, 5) is 11.1. The van der Waals surface area contributed by atoms with Gasteiger partial charge in [-0.3, -0.25) is 4.79 Å². The fourth-order valence-corrected chi connectivity index (χ4v) is 1.85. The zero-order chi connectivity index (χ0) is 9.73. The first-order valence-electron chi connectivity index (χ1n) is 4.76. The maximum Gasteiger partial charge on any atom is 0.309 e. The SMILES string of the molecule is C=CCCC1(C(=O)O)CCNCC1. The van der Waals surface area contributed by atoms with Gasteiger partial charge >= 0.3 is 5.97 Å². The Hall–Kier alpha value is -0.830. The van der Waals surface area contributed by atoms with Crippen LogP contribution in [0.15, 0.2) is 12.7 Å². The molecule has 0 aromatic carbocycles. The Morgan fingerprint density at radius 2 is 2.15 bits per heavy atom. The van der Waals surface area contributed by atoms with E-state index in [9.17, 15) is 4.79 Å². The highest BCUT2D eigenvalue weighted by Gasteiger charge is 2.38. The zero-order valence-electron chi connectivity index (χ0n) is 7.88. The Morgan fingerprint density at radius 3 is 2.62 bits per heavy atom. The minimum Gasteiger partial charge on any atom is -0.481 e. The molecule has 3 heteroatoms. The second kappa shape index (κ2) is 4.42. The minimum atomic E-state index is -0.643. The molecule has 0 amide bonds. The molecule has 1 rings (SSSR count). The average molecular weight is 183 g/mol. The van der Waals surface area contributed by atoms with Gasteiger partial charge in [0.15, 0.2) is 0 Å². The Bertz CT molecular complexity index is 195. The van der Waals surface area contributed by atoms with Gasteiger partial charge in [0.25, 0.3) is 0 Å². The lowest BCUT2D eigenvalue weighted by molar-refractivity contribution is -0.151. The number of piperidine rings is 1. The van der Waals surface area contributed by atoms with Crippen molar-refractivity contribution in [3.63, 3.8) is 0 Å². The van der Waals surface area contributed by atoms with Gasteiger partial charge < -0.3 is 10.4 Å². The maximum absolute atomic E-state index is 11.1. The van der Waals surface area contributed by atoms with Crippen molar-refractivity contribution in [1.29, 1.82) is 0 Å². The lowest BCUT2D eigenvalue weighted by Gasteiger charge is -2.33. The molecular formula is C10H17NO2. The molecule has 0 spiro atoms. The van der Waals surface area contributed by atoms with Crippen molar-refractivity contribution in [2.45, 2.75) is 25.7 Å². The number of nitrogens with one attached hydrogen (secondary N) is 1. The van der Waals surface area contributed by atoms with Crippen molar-refractivity contribution >= 4 is 5.97 Å². The number of carbonyl (C=O) groups is 1. The van der Waals surface area contributed by atoms with Gasteiger partial charge in [-0.05, 0) is 38.8 Å². The lowest BCUT2D eigenvalue weighted by atomic mass is 9.75. The molecule has 0 aliphatic carbocycles.